The molecule has 0 heterocycles. The molecule has 0 aromatic rings. The van der Waals surface area contributed by atoms with Gasteiger partial charge in [-0.2, -0.15) is 0 Å². The van der Waals surface area contributed by atoms with Gasteiger partial charge in [0.25, 0.3) is 0 Å². The van der Waals surface area contributed by atoms with E-state index in [1.54, 1.807) is 0 Å². The van der Waals surface area contributed by atoms with Gasteiger partial charge in [-0.15, -0.1) is 0 Å². The maximum absolute atomic E-state index is 4.43. The monoisotopic (exact) mass is 223 g/mol. The fourth-order valence-electron chi connectivity index (χ4n) is 2.24. The Balaban J connectivity index is 2.41. The molecule has 3 nitrogen and oxygen atoms in total. The first-order chi connectivity index (χ1) is 7.77. The molecule has 0 amide bonds. The Kier molecular flexibility index (Phi) is 6.36. The highest BCUT2D eigenvalue weighted by Crippen LogP contribution is 2.19. The zero-order chi connectivity index (χ0) is 11.8. The lowest BCUT2D eigenvalue weighted by Crippen LogP contribution is -2.31. The van der Waals surface area contributed by atoms with Crippen molar-refractivity contribution in [3.8, 4) is 0 Å². The van der Waals surface area contributed by atoms with Crippen LogP contribution in [0.25, 0.3) is 0 Å². The van der Waals surface area contributed by atoms with Gasteiger partial charge in [0.1, 0.15) is 6.17 Å². The first-order valence-electron chi connectivity index (χ1n) is 6.66. The van der Waals surface area contributed by atoms with Crippen molar-refractivity contribution >= 4 is 6.01 Å². The number of aliphatic imine (C=N–C) groups is 2. The Bertz CT molecular complexity index is 234. The van der Waals surface area contributed by atoms with E-state index in [9.17, 15) is 0 Å². The van der Waals surface area contributed by atoms with Gasteiger partial charge in [-0.3, -0.25) is 4.90 Å². The summed E-state index contributed by atoms with van der Waals surface area (Å²) in [6, 6.07) is 3.40. The largest absolute Gasteiger partial charge is 0.282 e. The molecule has 0 aliphatic heterocycles. The van der Waals surface area contributed by atoms with E-state index in [0.29, 0.717) is 6.04 Å². The minimum absolute atomic E-state index is 0.211. The molecule has 0 aromatic carbocycles. The standard InChI is InChI=1S/C13H25N3/c1-4-16(5-2)12(3)14-11-15-13-9-7-6-8-10-13/h12-13H,4-10H2,1-3H3. The van der Waals surface area contributed by atoms with E-state index in [0.717, 1.165) is 13.1 Å². The second kappa shape index (κ2) is 7.59. The summed E-state index contributed by atoms with van der Waals surface area (Å²) in [6.07, 6.45) is 6.68. The molecule has 3 heteroatoms. The Morgan fingerprint density at radius 3 is 2.38 bits per heavy atom. The highest BCUT2D eigenvalue weighted by Gasteiger charge is 2.11. The third kappa shape index (κ3) is 4.46. The van der Waals surface area contributed by atoms with Crippen molar-refractivity contribution in [2.45, 2.75) is 65.1 Å². The minimum atomic E-state index is 0.211. The molecule has 0 bridgehead atoms. The van der Waals surface area contributed by atoms with Crippen molar-refractivity contribution in [1.82, 2.24) is 4.90 Å². The number of nitrogens with zero attached hydrogens (tertiary/aromatic N) is 3. The van der Waals surface area contributed by atoms with Gasteiger partial charge in [0.2, 0.25) is 0 Å². The zero-order valence-electron chi connectivity index (χ0n) is 10.9. The van der Waals surface area contributed by atoms with E-state index in [2.05, 4.69) is 41.7 Å². The molecule has 16 heavy (non-hydrogen) atoms. The highest BCUT2D eigenvalue weighted by atomic mass is 15.2. The van der Waals surface area contributed by atoms with Gasteiger partial charge in [0, 0.05) is 0 Å². The molecule has 1 rings (SSSR count). The van der Waals surface area contributed by atoms with Gasteiger partial charge in [0.15, 0.2) is 0 Å². The summed E-state index contributed by atoms with van der Waals surface area (Å²) in [7, 11) is 0. The summed E-state index contributed by atoms with van der Waals surface area (Å²) < 4.78 is 0. The van der Waals surface area contributed by atoms with Gasteiger partial charge in [-0.05, 0) is 32.9 Å². The van der Waals surface area contributed by atoms with Crippen LogP contribution in [-0.2, 0) is 0 Å². The van der Waals surface area contributed by atoms with Crippen LogP contribution in [-0.4, -0.2) is 36.2 Å². The number of hydrogen-bond acceptors (Lipinski definition) is 3. The van der Waals surface area contributed by atoms with Crippen molar-refractivity contribution in [3.63, 3.8) is 0 Å². The van der Waals surface area contributed by atoms with Crippen LogP contribution in [0.5, 0.6) is 0 Å². The molecule has 1 aliphatic rings. The van der Waals surface area contributed by atoms with Gasteiger partial charge in [0.05, 0.1) is 12.1 Å². The van der Waals surface area contributed by atoms with E-state index in [1.807, 2.05) is 0 Å². The average Bonchev–Trinajstić information content (AvgIpc) is 2.32. The second-order valence-corrected chi connectivity index (χ2v) is 4.50. The Morgan fingerprint density at radius 1 is 1.19 bits per heavy atom. The van der Waals surface area contributed by atoms with E-state index in [1.165, 1.54) is 32.1 Å². The van der Waals surface area contributed by atoms with Crippen LogP contribution in [0.3, 0.4) is 0 Å². The van der Waals surface area contributed by atoms with Gasteiger partial charge >= 0.3 is 0 Å². The molecule has 1 aliphatic carbocycles. The van der Waals surface area contributed by atoms with Crippen LogP contribution in [0.15, 0.2) is 9.98 Å². The third-order valence-electron chi connectivity index (χ3n) is 3.40. The first kappa shape index (κ1) is 13.4. The molecule has 0 aromatic heterocycles. The predicted octanol–water partition coefficient (Wildman–Crippen LogP) is 3.18. The smallest absolute Gasteiger partial charge is 0.110 e. The van der Waals surface area contributed by atoms with E-state index in [4.69, 9.17) is 0 Å². The Hall–Kier alpha value is -0.660. The fraction of sp³-hybridized carbons (Fsp3) is 0.923. The van der Waals surface area contributed by atoms with Crippen LogP contribution in [0.4, 0.5) is 0 Å². The fourth-order valence-corrected chi connectivity index (χ4v) is 2.24. The van der Waals surface area contributed by atoms with Crippen LogP contribution >= 0.6 is 0 Å². The summed E-state index contributed by atoms with van der Waals surface area (Å²) >= 11 is 0. The van der Waals surface area contributed by atoms with E-state index >= 15 is 0 Å². The van der Waals surface area contributed by atoms with Crippen molar-refractivity contribution < 1.29 is 0 Å². The average molecular weight is 223 g/mol. The first-order valence-corrected chi connectivity index (χ1v) is 6.66. The van der Waals surface area contributed by atoms with Gasteiger partial charge < -0.3 is 0 Å². The molecule has 0 spiro atoms. The van der Waals surface area contributed by atoms with Crippen LogP contribution in [0.1, 0.15) is 52.9 Å². The third-order valence-corrected chi connectivity index (χ3v) is 3.40. The maximum Gasteiger partial charge on any atom is 0.110 e. The second-order valence-electron chi connectivity index (χ2n) is 4.50. The predicted molar refractivity (Wildman–Crippen MR) is 69.1 cm³/mol. The Morgan fingerprint density at radius 2 is 1.81 bits per heavy atom. The quantitative estimate of drug-likeness (QED) is 0.658. The zero-order valence-corrected chi connectivity index (χ0v) is 10.9. The topological polar surface area (TPSA) is 28.0 Å². The normalized spacial score (nSPS) is 19.2. The molecule has 0 radical (unpaired) electrons. The molecular weight excluding hydrogens is 198 g/mol. The highest BCUT2D eigenvalue weighted by molar-refractivity contribution is 5.41. The lowest BCUT2D eigenvalue weighted by Gasteiger charge is -2.21. The van der Waals surface area contributed by atoms with Crippen LogP contribution in [0, 0.1) is 0 Å². The number of hydrogen-bond donors (Lipinski definition) is 0. The van der Waals surface area contributed by atoms with Gasteiger partial charge in [-0.1, -0.05) is 33.1 Å². The summed E-state index contributed by atoms with van der Waals surface area (Å²) in [5, 5.41) is 0. The van der Waals surface area contributed by atoms with Crippen molar-refractivity contribution in [1.29, 1.82) is 0 Å². The summed E-state index contributed by atoms with van der Waals surface area (Å²) in [5.41, 5.74) is 0. The van der Waals surface area contributed by atoms with Crippen molar-refractivity contribution in [2.75, 3.05) is 13.1 Å². The lowest BCUT2D eigenvalue weighted by molar-refractivity contribution is 0.239. The summed E-state index contributed by atoms with van der Waals surface area (Å²) in [6.45, 7) is 8.50. The Labute approximate surface area is 99.7 Å². The van der Waals surface area contributed by atoms with Crippen molar-refractivity contribution in [2.24, 2.45) is 9.98 Å². The van der Waals surface area contributed by atoms with E-state index in [-0.39, 0.29) is 6.17 Å². The molecule has 0 N–H and O–H groups in total. The van der Waals surface area contributed by atoms with Crippen LogP contribution < -0.4 is 0 Å². The van der Waals surface area contributed by atoms with Gasteiger partial charge in [-0.25, -0.2) is 9.98 Å². The summed E-state index contributed by atoms with van der Waals surface area (Å²) in [4.78, 5) is 11.1. The number of rotatable bonds is 5. The van der Waals surface area contributed by atoms with Crippen LogP contribution in [0.2, 0.25) is 0 Å². The molecule has 1 unspecified atom stereocenters. The SMILES string of the molecule is CCN(CC)C(C)N=C=NC1CCCCC1. The molecule has 1 fully saturated rings. The molecule has 92 valence electrons. The maximum atomic E-state index is 4.43. The lowest BCUT2D eigenvalue weighted by atomic mass is 9.96. The molecular formula is C13H25N3. The molecule has 1 atom stereocenters. The van der Waals surface area contributed by atoms with Crippen molar-refractivity contribution in [3.05, 3.63) is 0 Å². The molecule has 1 saturated carbocycles. The molecule has 0 saturated heterocycles. The summed E-state index contributed by atoms with van der Waals surface area (Å²) in [5.74, 6) is 0. The van der Waals surface area contributed by atoms with E-state index < -0.39 is 0 Å². The minimum Gasteiger partial charge on any atom is -0.282 e.